The molecule has 0 spiro atoms. The van der Waals surface area contributed by atoms with Crippen LogP contribution in [-0.2, 0) is 9.47 Å². The highest BCUT2D eigenvalue weighted by molar-refractivity contribution is 6.36. The average molecular weight is 318 g/mol. The van der Waals surface area contributed by atoms with E-state index in [0.29, 0.717) is 41.5 Å². The van der Waals surface area contributed by atoms with Crippen molar-refractivity contribution in [2.24, 2.45) is 0 Å². The number of amides is 1. The van der Waals surface area contributed by atoms with E-state index in [-0.39, 0.29) is 5.91 Å². The second-order valence-electron chi connectivity index (χ2n) is 4.74. The number of carbonyl (C=O) groups excluding carboxylic acids is 1. The van der Waals surface area contributed by atoms with E-state index in [9.17, 15) is 4.79 Å². The maximum absolute atomic E-state index is 12.4. The van der Waals surface area contributed by atoms with Crippen molar-refractivity contribution in [3.05, 3.63) is 33.8 Å². The van der Waals surface area contributed by atoms with Gasteiger partial charge in [0.15, 0.2) is 5.79 Å². The third kappa shape index (κ3) is 3.09. The summed E-state index contributed by atoms with van der Waals surface area (Å²) in [5, 5.41) is 0.890. The molecule has 0 N–H and O–H groups in total. The Morgan fingerprint density at radius 3 is 2.30 bits per heavy atom. The van der Waals surface area contributed by atoms with Crippen molar-refractivity contribution in [1.29, 1.82) is 0 Å². The Hall–Kier alpha value is -0.810. The van der Waals surface area contributed by atoms with Gasteiger partial charge >= 0.3 is 0 Å². The predicted molar refractivity (Wildman–Crippen MR) is 78.3 cm³/mol. The maximum atomic E-state index is 12.4. The molecule has 0 radical (unpaired) electrons. The highest BCUT2D eigenvalue weighted by Gasteiger charge is 2.36. The van der Waals surface area contributed by atoms with Gasteiger partial charge in [0.1, 0.15) is 0 Å². The quantitative estimate of drug-likeness (QED) is 0.803. The van der Waals surface area contributed by atoms with Crippen molar-refractivity contribution in [2.45, 2.75) is 18.6 Å². The lowest BCUT2D eigenvalue weighted by atomic mass is 10.0. The number of ether oxygens (including phenoxy) is 2. The van der Waals surface area contributed by atoms with Crippen LogP contribution >= 0.6 is 23.2 Å². The first-order valence-electron chi connectivity index (χ1n) is 6.36. The number of hydrogen-bond acceptors (Lipinski definition) is 3. The molecule has 1 aliphatic rings. The van der Waals surface area contributed by atoms with E-state index < -0.39 is 5.79 Å². The minimum absolute atomic E-state index is 0.0903. The van der Waals surface area contributed by atoms with Gasteiger partial charge in [0.2, 0.25) is 0 Å². The molecular weight excluding hydrogens is 301 g/mol. The fraction of sp³-hybridized carbons (Fsp3) is 0.500. The number of rotatable bonds is 3. The van der Waals surface area contributed by atoms with Crippen molar-refractivity contribution in [3.8, 4) is 0 Å². The van der Waals surface area contributed by atoms with Gasteiger partial charge in [-0.1, -0.05) is 23.2 Å². The zero-order valence-electron chi connectivity index (χ0n) is 11.5. The smallest absolute Gasteiger partial charge is 0.255 e. The Bertz CT molecular complexity index is 493. The van der Waals surface area contributed by atoms with Crippen LogP contribution in [-0.4, -0.2) is 43.9 Å². The number of methoxy groups -OCH3 is 2. The van der Waals surface area contributed by atoms with Gasteiger partial charge in [-0.05, 0) is 18.2 Å². The first kappa shape index (κ1) is 15.6. The fourth-order valence-corrected chi connectivity index (χ4v) is 2.86. The largest absolute Gasteiger partial charge is 0.353 e. The maximum Gasteiger partial charge on any atom is 0.255 e. The van der Waals surface area contributed by atoms with Gasteiger partial charge in [0, 0.05) is 45.2 Å². The molecule has 6 heteroatoms. The molecule has 1 aromatic rings. The molecule has 2 rings (SSSR count). The third-order valence-electron chi connectivity index (χ3n) is 3.72. The lowest BCUT2D eigenvalue weighted by Gasteiger charge is -2.39. The van der Waals surface area contributed by atoms with Gasteiger partial charge in [0.05, 0.1) is 10.6 Å². The summed E-state index contributed by atoms with van der Waals surface area (Å²) in [7, 11) is 3.24. The Kier molecular flexibility index (Phi) is 4.91. The Labute approximate surface area is 128 Å². The fourth-order valence-electron chi connectivity index (χ4n) is 2.38. The van der Waals surface area contributed by atoms with E-state index in [1.54, 1.807) is 37.3 Å². The number of benzene rings is 1. The summed E-state index contributed by atoms with van der Waals surface area (Å²) in [4.78, 5) is 14.2. The summed E-state index contributed by atoms with van der Waals surface area (Å²) < 4.78 is 10.8. The molecule has 0 unspecified atom stereocenters. The molecule has 1 aliphatic heterocycles. The number of carbonyl (C=O) groups is 1. The van der Waals surface area contributed by atoms with E-state index in [0.717, 1.165) is 0 Å². The Balaban J connectivity index is 2.09. The molecule has 0 atom stereocenters. The van der Waals surface area contributed by atoms with Crippen LogP contribution in [0.15, 0.2) is 18.2 Å². The number of nitrogens with zero attached hydrogens (tertiary/aromatic N) is 1. The van der Waals surface area contributed by atoms with Crippen LogP contribution in [0.2, 0.25) is 10.0 Å². The summed E-state index contributed by atoms with van der Waals surface area (Å²) in [6, 6.07) is 4.90. The predicted octanol–water partition coefficient (Wildman–Crippen LogP) is 3.22. The van der Waals surface area contributed by atoms with Gasteiger partial charge in [-0.3, -0.25) is 4.79 Å². The molecule has 110 valence electrons. The molecule has 0 saturated carbocycles. The normalized spacial score (nSPS) is 18.1. The topological polar surface area (TPSA) is 38.8 Å². The summed E-state index contributed by atoms with van der Waals surface area (Å²) in [5.41, 5.74) is 0.471. The summed E-state index contributed by atoms with van der Waals surface area (Å²) in [6.07, 6.45) is 1.27. The second-order valence-corrected chi connectivity index (χ2v) is 5.58. The molecule has 0 bridgehead atoms. The minimum Gasteiger partial charge on any atom is -0.353 e. The molecule has 20 heavy (non-hydrogen) atoms. The van der Waals surface area contributed by atoms with E-state index in [4.69, 9.17) is 32.7 Å². The second kappa shape index (κ2) is 6.31. The highest BCUT2D eigenvalue weighted by atomic mass is 35.5. The van der Waals surface area contributed by atoms with Crippen LogP contribution in [0.25, 0.3) is 0 Å². The van der Waals surface area contributed by atoms with Crippen LogP contribution in [0.1, 0.15) is 23.2 Å². The van der Waals surface area contributed by atoms with Gasteiger partial charge in [-0.15, -0.1) is 0 Å². The monoisotopic (exact) mass is 317 g/mol. The van der Waals surface area contributed by atoms with Crippen LogP contribution < -0.4 is 0 Å². The molecular formula is C14H17Cl2NO3. The SMILES string of the molecule is COC1(OC)CCN(C(=O)c2ccc(Cl)cc2Cl)CC1. The van der Waals surface area contributed by atoms with Crippen LogP contribution in [0.4, 0.5) is 0 Å². The highest BCUT2D eigenvalue weighted by Crippen LogP contribution is 2.29. The van der Waals surface area contributed by atoms with Crippen molar-refractivity contribution in [1.82, 2.24) is 4.90 Å². The molecule has 1 fully saturated rings. The lowest BCUT2D eigenvalue weighted by Crippen LogP contribution is -2.48. The summed E-state index contributed by atoms with van der Waals surface area (Å²) in [5.74, 6) is -0.673. The van der Waals surface area contributed by atoms with Crippen LogP contribution in [0.3, 0.4) is 0 Å². The summed E-state index contributed by atoms with van der Waals surface area (Å²) >= 11 is 11.9. The van der Waals surface area contributed by atoms with Gasteiger partial charge in [-0.25, -0.2) is 0 Å². The van der Waals surface area contributed by atoms with Crippen molar-refractivity contribution >= 4 is 29.1 Å². The Morgan fingerprint density at radius 1 is 1.20 bits per heavy atom. The lowest BCUT2D eigenvalue weighted by molar-refractivity contribution is -0.226. The molecule has 0 aromatic heterocycles. The first-order valence-corrected chi connectivity index (χ1v) is 7.11. The van der Waals surface area contributed by atoms with Gasteiger partial charge < -0.3 is 14.4 Å². The Morgan fingerprint density at radius 2 is 1.80 bits per heavy atom. The zero-order valence-corrected chi connectivity index (χ0v) is 13.0. The van der Waals surface area contributed by atoms with Crippen molar-refractivity contribution in [2.75, 3.05) is 27.3 Å². The number of piperidine rings is 1. The van der Waals surface area contributed by atoms with Crippen molar-refractivity contribution < 1.29 is 14.3 Å². The summed E-state index contributed by atoms with van der Waals surface area (Å²) in [6.45, 7) is 1.14. The minimum atomic E-state index is -0.583. The standard InChI is InChI=1S/C14H17Cl2NO3/c1-19-14(20-2)5-7-17(8-6-14)13(18)11-4-3-10(15)9-12(11)16/h3-4,9H,5-8H2,1-2H3. The van der Waals surface area contributed by atoms with E-state index in [1.807, 2.05) is 0 Å². The molecule has 0 aliphatic carbocycles. The zero-order chi connectivity index (χ0) is 14.8. The van der Waals surface area contributed by atoms with E-state index in [1.165, 1.54) is 0 Å². The van der Waals surface area contributed by atoms with Crippen LogP contribution in [0.5, 0.6) is 0 Å². The molecule has 1 heterocycles. The van der Waals surface area contributed by atoms with Crippen LogP contribution in [0, 0.1) is 0 Å². The average Bonchev–Trinajstić information content (AvgIpc) is 2.47. The first-order chi connectivity index (χ1) is 9.51. The number of halogens is 2. The number of hydrogen-bond donors (Lipinski definition) is 0. The van der Waals surface area contributed by atoms with Gasteiger partial charge in [-0.2, -0.15) is 0 Å². The molecule has 1 aromatic carbocycles. The molecule has 1 amide bonds. The van der Waals surface area contributed by atoms with E-state index in [2.05, 4.69) is 0 Å². The molecule has 1 saturated heterocycles. The molecule has 4 nitrogen and oxygen atoms in total. The van der Waals surface area contributed by atoms with Crippen molar-refractivity contribution in [3.63, 3.8) is 0 Å². The number of likely N-dealkylation sites (tertiary alicyclic amines) is 1. The van der Waals surface area contributed by atoms with Gasteiger partial charge in [0.25, 0.3) is 5.91 Å². The van der Waals surface area contributed by atoms with E-state index >= 15 is 0 Å². The third-order valence-corrected chi connectivity index (χ3v) is 4.27.